The second kappa shape index (κ2) is 3.35. The highest BCUT2D eigenvalue weighted by Gasteiger charge is 2.66. The van der Waals surface area contributed by atoms with Crippen LogP contribution in [0.15, 0.2) is 12.2 Å². The smallest absolute Gasteiger partial charge is 0.333 e. The van der Waals surface area contributed by atoms with Gasteiger partial charge < -0.3 is 9.47 Å². The Morgan fingerprint density at radius 2 is 2.12 bits per heavy atom. The minimum Gasteiger partial charge on any atom is -0.456 e. The van der Waals surface area contributed by atoms with Crippen LogP contribution in [0.3, 0.4) is 0 Å². The highest BCUT2D eigenvalue weighted by Crippen LogP contribution is 2.64. The van der Waals surface area contributed by atoms with Crippen molar-refractivity contribution in [3.63, 3.8) is 0 Å². The first-order valence-electron chi connectivity index (χ1n) is 6.43. The molecule has 0 heterocycles. The molecule has 3 nitrogen and oxygen atoms in total. The van der Waals surface area contributed by atoms with E-state index in [1.807, 2.05) is 0 Å². The number of rotatable bonds is 3. The first kappa shape index (κ1) is 11.3. The van der Waals surface area contributed by atoms with Crippen molar-refractivity contribution in [2.75, 3.05) is 7.11 Å². The van der Waals surface area contributed by atoms with Crippen LogP contribution >= 0.6 is 0 Å². The molecule has 0 spiro atoms. The lowest BCUT2D eigenvalue weighted by atomic mass is 9.77. The van der Waals surface area contributed by atoms with Crippen molar-refractivity contribution in [2.45, 2.75) is 50.2 Å². The van der Waals surface area contributed by atoms with Crippen molar-refractivity contribution in [3.8, 4) is 0 Å². The average Bonchev–Trinajstić information content (AvgIpc) is 2.62. The zero-order valence-corrected chi connectivity index (χ0v) is 10.6. The first-order valence-corrected chi connectivity index (χ1v) is 6.43. The van der Waals surface area contributed by atoms with Gasteiger partial charge in [0.1, 0.15) is 5.60 Å². The predicted octanol–water partition coefficient (Wildman–Crippen LogP) is 2.45. The van der Waals surface area contributed by atoms with Crippen LogP contribution in [0.4, 0.5) is 0 Å². The summed E-state index contributed by atoms with van der Waals surface area (Å²) in [5.74, 6) is 1.03. The van der Waals surface area contributed by atoms with Gasteiger partial charge in [-0.15, -0.1) is 0 Å². The number of hydrogen-bond acceptors (Lipinski definition) is 3. The molecule has 4 saturated carbocycles. The van der Waals surface area contributed by atoms with E-state index in [4.69, 9.17) is 9.47 Å². The molecule has 0 radical (unpaired) electrons. The minimum atomic E-state index is -0.252. The molecule has 4 aliphatic carbocycles. The molecule has 4 unspecified atom stereocenters. The Kier molecular flexibility index (Phi) is 2.22. The van der Waals surface area contributed by atoms with Crippen molar-refractivity contribution < 1.29 is 14.3 Å². The molecule has 4 bridgehead atoms. The molecule has 3 heteroatoms. The second-order valence-corrected chi connectivity index (χ2v) is 6.21. The third-order valence-corrected chi connectivity index (χ3v) is 4.96. The monoisotopic (exact) mass is 236 g/mol. The van der Waals surface area contributed by atoms with Gasteiger partial charge in [0.2, 0.25) is 0 Å². The highest BCUT2D eigenvalue weighted by atomic mass is 16.6. The normalized spacial score (nSPS) is 46.2. The van der Waals surface area contributed by atoms with E-state index < -0.39 is 0 Å². The zero-order valence-electron chi connectivity index (χ0n) is 10.6. The van der Waals surface area contributed by atoms with Gasteiger partial charge in [0, 0.05) is 19.1 Å². The Bertz CT molecular complexity index is 389. The van der Waals surface area contributed by atoms with E-state index in [0.29, 0.717) is 17.4 Å². The molecular formula is C14H20O3. The fourth-order valence-electron chi connectivity index (χ4n) is 4.47. The molecule has 0 aromatic carbocycles. The minimum absolute atomic E-state index is 0.00171. The van der Waals surface area contributed by atoms with E-state index in [-0.39, 0.29) is 17.2 Å². The van der Waals surface area contributed by atoms with Gasteiger partial charge in [-0.25, -0.2) is 4.79 Å². The molecule has 4 rings (SSSR count). The molecular weight excluding hydrogens is 216 g/mol. The molecule has 0 aromatic rings. The summed E-state index contributed by atoms with van der Waals surface area (Å²) in [7, 11) is 1.80. The van der Waals surface area contributed by atoms with Crippen molar-refractivity contribution in [1.82, 2.24) is 0 Å². The van der Waals surface area contributed by atoms with Crippen molar-refractivity contribution in [2.24, 2.45) is 11.8 Å². The van der Waals surface area contributed by atoms with Crippen LogP contribution in [-0.4, -0.2) is 24.3 Å². The van der Waals surface area contributed by atoms with Gasteiger partial charge in [-0.05, 0) is 44.4 Å². The number of carbonyl (C=O) groups excluding carboxylic acids is 1. The predicted molar refractivity (Wildman–Crippen MR) is 63.4 cm³/mol. The van der Waals surface area contributed by atoms with Gasteiger partial charge in [-0.3, -0.25) is 0 Å². The van der Waals surface area contributed by atoms with Crippen LogP contribution in [-0.2, 0) is 14.3 Å². The van der Waals surface area contributed by atoms with Crippen molar-refractivity contribution >= 4 is 5.97 Å². The van der Waals surface area contributed by atoms with E-state index in [1.54, 1.807) is 14.0 Å². The van der Waals surface area contributed by atoms with Gasteiger partial charge in [0.05, 0.1) is 5.60 Å². The SMILES string of the molecule is C=C(C)C(=O)OC12CC3CC(C1)C(OC)(C3)C2. The van der Waals surface area contributed by atoms with Gasteiger partial charge in [0.15, 0.2) is 0 Å². The van der Waals surface area contributed by atoms with E-state index in [2.05, 4.69) is 6.58 Å². The third-order valence-electron chi connectivity index (χ3n) is 4.96. The molecule has 94 valence electrons. The molecule has 0 amide bonds. The summed E-state index contributed by atoms with van der Waals surface area (Å²) in [5.41, 5.74) is 0.240. The molecule has 4 atom stereocenters. The standard InChI is InChI=1S/C14H20O3/c1-9(2)12(15)17-13-5-10-4-11(7-13)14(6-10,8-13)16-3/h10-11H,1,4-8H2,2-3H3. The summed E-state index contributed by atoms with van der Waals surface area (Å²) in [5, 5.41) is 0. The lowest BCUT2D eigenvalue weighted by Gasteiger charge is -2.39. The van der Waals surface area contributed by atoms with Crippen LogP contribution < -0.4 is 0 Å². The third kappa shape index (κ3) is 1.48. The summed E-state index contributed by atoms with van der Waals surface area (Å²) in [6.45, 7) is 5.37. The fraction of sp³-hybridized carbons (Fsp3) is 0.786. The van der Waals surface area contributed by atoms with Crippen molar-refractivity contribution in [1.29, 1.82) is 0 Å². The van der Waals surface area contributed by atoms with E-state index in [0.717, 1.165) is 25.7 Å². The summed E-state index contributed by atoms with van der Waals surface area (Å²) < 4.78 is 11.5. The lowest BCUT2D eigenvalue weighted by molar-refractivity contribution is -0.163. The number of hydrogen-bond donors (Lipinski definition) is 0. The number of methoxy groups -OCH3 is 1. The molecule has 4 aliphatic rings. The first-order chi connectivity index (χ1) is 7.99. The number of carbonyl (C=O) groups is 1. The molecule has 0 aromatic heterocycles. The Morgan fingerprint density at radius 3 is 2.71 bits per heavy atom. The molecule has 0 saturated heterocycles. The Hall–Kier alpha value is -0.830. The largest absolute Gasteiger partial charge is 0.456 e. The van der Waals surface area contributed by atoms with Crippen LogP contribution in [0, 0.1) is 11.8 Å². The molecule has 4 fully saturated rings. The second-order valence-electron chi connectivity index (χ2n) is 6.21. The molecule has 0 aliphatic heterocycles. The quantitative estimate of drug-likeness (QED) is 0.558. The maximum absolute atomic E-state index is 11.7. The summed E-state index contributed by atoms with van der Waals surface area (Å²) in [4.78, 5) is 11.7. The zero-order chi connectivity index (χ0) is 12.3. The molecule has 17 heavy (non-hydrogen) atoms. The Morgan fingerprint density at radius 1 is 1.35 bits per heavy atom. The van der Waals surface area contributed by atoms with Gasteiger partial charge in [-0.1, -0.05) is 6.58 Å². The molecule has 0 N–H and O–H groups in total. The number of esters is 1. The van der Waals surface area contributed by atoms with Gasteiger partial charge >= 0.3 is 5.97 Å². The van der Waals surface area contributed by atoms with E-state index in [9.17, 15) is 4.79 Å². The van der Waals surface area contributed by atoms with Crippen LogP contribution in [0.2, 0.25) is 0 Å². The Labute approximate surface area is 102 Å². The number of ether oxygens (including phenoxy) is 2. The van der Waals surface area contributed by atoms with E-state index in [1.165, 1.54) is 6.42 Å². The van der Waals surface area contributed by atoms with Crippen LogP contribution in [0.5, 0.6) is 0 Å². The topological polar surface area (TPSA) is 35.5 Å². The van der Waals surface area contributed by atoms with Crippen LogP contribution in [0.25, 0.3) is 0 Å². The Balaban J connectivity index is 1.83. The van der Waals surface area contributed by atoms with Crippen molar-refractivity contribution in [3.05, 3.63) is 12.2 Å². The van der Waals surface area contributed by atoms with E-state index >= 15 is 0 Å². The van der Waals surface area contributed by atoms with Gasteiger partial charge in [0.25, 0.3) is 0 Å². The summed E-state index contributed by atoms with van der Waals surface area (Å²) >= 11 is 0. The summed E-state index contributed by atoms with van der Waals surface area (Å²) in [6, 6.07) is 0. The maximum Gasteiger partial charge on any atom is 0.333 e. The lowest BCUT2D eigenvalue weighted by Crippen LogP contribution is -2.42. The summed E-state index contributed by atoms with van der Waals surface area (Å²) in [6.07, 6.45) is 5.29. The fourth-order valence-corrected chi connectivity index (χ4v) is 4.47. The van der Waals surface area contributed by atoms with Crippen LogP contribution in [0.1, 0.15) is 39.0 Å². The van der Waals surface area contributed by atoms with Gasteiger partial charge in [-0.2, -0.15) is 0 Å². The maximum atomic E-state index is 11.7. The average molecular weight is 236 g/mol. The highest BCUT2D eigenvalue weighted by molar-refractivity contribution is 5.87.